The molecule has 1 aliphatic heterocycles. The van der Waals surface area contributed by atoms with Crippen LogP contribution in [0.5, 0.6) is 0 Å². The molecule has 1 aliphatic rings. The predicted octanol–water partition coefficient (Wildman–Crippen LogP) is 4.08. The van der Waals surface area contributed by atoms with Crippen molar-refractivity contribution in [3.05, 3.63) is 53.3 Å². The lowest BCUT2D eigenvalue weighted by Crippen LogP contribution is -2.29. The number of hydrogen-bond acceptors (Lipinski definition) is 3. The normalized spacial score (nSPS) is 15.2. The Bertz CT molecular complexity index is 896. The molecular weight excluding hydrogens is 344 g/mol. The van der Waals surface area contributed by atoms with Crippen molar-refractivity contribution in [3.8, 4) is 11.3 Å². The number of likely N-dealkylation sites (tertiary alicyclic amines) is 1. The van der Waals surface area contributed by atoms with Crippen molar-refractivity contribution in [1.29, 1.82) is 0 Å². The van der Waals surface area contributed by atoms with E-state index in [4.69, 9.17) is 11.6 Å². The number of nitrogens with zero attached hydrogens (tertiary/aromatic N) is 3. The lowest BCUT2D eigenvalue weighted by molar-refractivity contribution is 0.335. The van der Waals surface area contributed by atoms with Gasteiger partial charge in [0.15, 0.2) is 0 Å². The first kappa shape index (κ1) is 17.5. The fourth-order valence-electron chi connectivity index (χ4n) is 3.78. The van der Waals surface area contributed by atoms with E-state index in [2.05, 4.69) is 45.0 Å². The Labute approximate surface area is 159 Å². The van der Waals surface area contributed by atoms with Crippen LogP contribution in [0, 0.1) is 0 Å². The van der Waals surface area contributed by atoms with Crippen LogP contribution in [0.3, 0.4) is 0 Å². The average molecular weight is 369 g/mol. The van der Waals surface area contributed by atoms with Gasteiger partial charge in [0.2, 0.25) is 0 Å². The molecule has 136 valence electrons. The molecule has 1 fully saturated rings. The molecule has 1 aromatic carbocycles. The number of fused-ring (bicyclic) bond motifs is 1. The summed E-state index contributed by atoms with van der Waals surface area (Å²) in [5.41, 5.74) is 4.65. The van der Waals surface area contributed by atoms with E-state index in [1.807, 2.05) is 24.5 Å². The van der Waals surface area contributed by atoms with Gasteiger partial charge in [-0.3, -0.25) is 4.98 Å². The zero-order valence-corrected chi connectivity index (χ0v) is 16.0. The Hall–Kier alpha value is -1.88. The van der Waals surface area contributed by atoms with E-state index in [1.165, 1.54) is 36.9 Å². The molecule has 0 spiro atoms. The highest BCUT2D eigenvalue weighted by Gasteiger charge is 2.11. The third-order valence-electron chi connectivity index (χ3n) is 5.23. The topological polar surface area (TPSA) is 33.1 Å². The number of rotatable bonds is 6. The number of halogens is 1. The van der Waals surface area contributed by atoms with Crippen LogP contribution in [-0.4, -0.2) is 40.6 Å². The third kappa shape index (κ3) is 3.78. The van der Waals surface area contributed by atoms with Gasteiger partial charge in [-0.1, -0.05) is 17.7 Å². The summed E-state index contributed by atoms with van der Waals surface area (Å²) >= 11 is 6.15. The molecule has 0 unspecified atom stereocenters. The maximum Gasteiger partial charge on any atom is 0.0504 e. The summed E-state index contributed by atoms with van der Waals surface area (Å²) in [5, 5.41) is 5.51. The molecule has 0 radical (unpaired) electrons. The maximum atomic E-state index is 6.15. The van der Waals surface area contributed by atoms with Crippen LogP contribution in [0.25, 0.3) is 22.2 Å². The van der Waals surface area contributed by atoms with Crippen LogP contribution in [0.15, 0.2) is 42.7 Å². The number of aromatic nitrogens is 2. The smallest absolute Gasteiger partial charge is 0.0504 e. The molecule has 4 rings (SSSR count). The van der Waals surface area contributed by atoms with E-state index in [-0.39, 0.29) is 0 Å². The van der Waals surface area contributed by atoms with Gasteiger partial charge < -0.3 is 14.8 Å². The first-order valence-electron chi connectivity index (χ1n) is 9.33. The maximum absolute atomic E-state index is 6.15. The van der Waals surface area contributed by atoms with Crippen molar-refractivity contribution in [3.63, 3.8) is 0 Å². The highest BCUT2D eigenvalue weighted by molar-refractivity contribution is 6.31. The molecule has 0 bridgehead atoms. The predicted molar refractivity (Wildman–Crippen MR) is 109 cm³/mol. The summed E-state index contributed by atoms with van der Waals surface area (Å²) in [4.78, 5) is 6.99. The minimum atomic E-state index is 0.763. The molecule has 0 amide bonds. The molecule has 1 N–H and O–H groups in total. The van der Waals surface area contributed by atoms with Gasteiger partial charge >= 0.3 is 0 Å². The van der Waals surface area contributed by atoms with Crippen LogP contribution in [0.4, 0.5) is 0 Å². The van der Waals surface area contributed by atoms with Crippen LogP contribution < -0.4 is 5.32 Å². The number of nitrogens with one attached hydrogen (secondary N) is 1. The van der Waals surface area contributed by atoms with Gasteiger partial charge in [0.05, 0.1) is 5.69 Å². The Morgan fingerprint density at radius 1 is 1.12 bits per heavy atom. The van der Waals surface area contributed by atoms with Gasteiger partial charge in [-0.2, -0.15) is 0 Å². The Kier molecular flexibility index (Phi) is 5.25. The highest BCUT2D eigenvalue weighted by Crippen LogP contribution is 2.29. The third-order valence-corrected chi connectivity index (χ3v) is 5.47. The fraction of sp³-hybridized carbons (Fsp3) is 0.381. The minimum Gasteiger partial charge on any atom is -0.344 e. The molecule has 5 heteroatoms. The van der Waals surface area contributed by atoms with E-state index >= 15 is 0 Å². The van der Waals surface area contributed by atoms with E-state index in [9.17, 15) is 0 Å². The second kappa shape index (κ2) is 7.78. The van der Waals surface area contributed by atoms with Crippen molar-refractivity contribution < 1.29 is 0 Å². The number of pyridine rings is 1. The largest absolute Gasteiger partial charge is 0.344 e. The van der Waals surface area contributed by atoms with E-state index < -0.39 is 0 Å². The van der Waals surface area contributed by atoms with Crippen LogP contribution in [0.2, 0.25) is 5.02 Å². The van der Waals surface area contributed by atoms with Gasteiger partial charge in [-0.05, 0) is 55.8 Å². The molecule has 0 saturated carbocycles. The summed E-state index contributed by atoms with van der Waals surface area (Å²) in [6, 6.07) is 10.4. The van der Waals surface area contributed by atoms with Crippen molar-refractivity contribution in [1.82, 2.24) is 19.8 Å². The van der Waals surface area contributed by atoms with Crippen molar-refractivity contribution in [2.75, 3.05) is 26.2 Å². The molecule has 1 saturated heterocycles. The van der Waals surface area contributed by atoms with Gasteiger partial charge in [0.1, 0.15) is 0 Å². The van der Waals surface area contributed by atoms with Crippen LogP contribution in [-0.2, 0) is 13.6 Å². The number of benzene rings is 1. The molecule has 0 atom stereocenters. The van der Waals surface area contributed by atoms with E-state index in [0.717, 1.165) is 41.4 Å². The molecule has 26 heavy (non-hydrogen) atoms. The second-order valence-electron chi connectivity index (χ2n) is 7.10. The van der Waals surface area contributed by atoms with Crippen molar-refractivity contribution in [2.45, 2.75) is 19.4 Å². The molecule has 4 nitrogen and oxygen atoms in total. The van der Waals surface area contributed by atoms with Crippen LogP contribution >= 0.6 is 11.6 Å². The standard InChI is InChI=1S/C21H25ClN4/c1-25-20(11-17-4-5-19(22)12-21(17)25)18-10-16(14-24-15-18)13-23-6-9-26-7-2-3-8-26/h4-5,10-12,14-15,23H,2-3,6-9,13H2,1H3. The first-order chi connectivity index (χ1) is 12.7. The zero-order valence-electron chi connectivity index (χ0n) is 15.2. The summed E-state index contributed by atoms with van der Waals surface area (Å²) < 4.78 is 2.18. The van der Waals surface area contributed by atoms with Crippen molar-refractivity contribution in [2.24, 2.45) is 7.05 Å². The Balaban J connectivity index is 1.46. The molecule has 3 aromatic rings. The average Bonchev–Trinajstić information content (AvgIpc) is 3.28. The second-order valence-corrected chi connectivity index (χ2v) is 7.54. The summed E-state index contributed by atoms with van der Waals surface area (Å²) in [6.07, 6.45) is 6.58. The summed E-state index contributed by atoms with van der Waals surface area (Å²) in [7, 11) is 2.08. The van der Waals surface area contributed by atoms with Crippen molar-refractivity contribution >= 4 is 22.5 Å². The molecule has 0 aliphatic carbocycles. The lowest BCUT2D eigenvalue weighted by atomic mass is 10.1. The molecular formula is C21H25ClN4. The summed E-state index contributed by atoms with van der Waals surface area (Å²) in [5.74, 6) is 0. The quantitative estimate of drug-likeness (QED) is 0.665. The molecule has 2 aromatic heterocycles. The fourth-order valence-corrected chi connectivity index (χ4v) is 3.95. The van der Waals surface area contributed by atoms with Gasteiger partial charge in [-0.25, -0.2) is 0 Å². The molecule has 3 heterocycles. The van der Waals surface area contributed by atoms with E-state index in [0.29, 0.717) is 0 Å². The number of aryl methyl sites for hydroxylation is 1. The van der Waals surface area contributed by atoms with Crippen LogP contribution in [0.1, 0.15) is 18.4 Å². The van der Waals surface area contributed by atoms with Gasteiger partial charge in [-0.15, -0.1) is 0 Å². The van der Waals surface area contributed by atoms with Gasteiger partial charge in [0.25, 0.3) is 0 Å². The SMILES string of the molecule is Cn1c(-c2cncc(CNCCN3CCCC3)c2)cc2ccc(Cl)cc21. The highest BCUT2D eigenvalue weighted by atomic mass is 35.5. The zero-order chi connectivity index (χ0) is 17.9. The van der Waals surface area contributed by atoms with E-state index in [1.54, 1.807) is 0 Å². The van der Waals surface area contributed by atoms with Gasteiger partial charge in [0, 0.05) is 60.6 Å². The lowest BCUT2D eigenvalue weighted by Gasteiger charge is -2.14. The Morgan fingerprint density at radius 2 is 1.96 bits per heavy atom. The number of hydrogen-bond donors (Lipinski definition) is 1. The minimum absolute atomic E-state index is 0.763. The monoisotopic (exact) mass is 368 g/mol. The Morgan fingerprint density at radius 3 is 2.81 bits per heavy atom. The summed E-state index contributed by atoms with van der Waals surface area (Å²) in [6.45, 7) is 5.52. The first-order valence-corrected chi connectivity index (χ1v) is 9.71.